The number of carbonyl (C=O) groups excluding carboxylic acids is 2. The van der Waals surface area contributed by atoms with Crippen LogP contribution in [-0.2, 0) is 16.6 Å². The minimum absolute atomic E-state index is 0.00863. The maximum atomic E-state index is 12.6. The minimum atomic E-state index is -3.67. The van der Waals surface area contributed by atoms with Crippen molar-refractivity contribution in [2.24, 2.45) is 5.73 Å². The third-order valence-corrected chi connectivity index (χ3v) is 6.52. The van der Waals surface area contributed by atoms with E-state index in [1.165, 1.54) is 6.07 Å². The Morgan fingerprint density at radius 2 is 1.62 bits per heavy atom. The number of benzene rings is 3. The fourth-order valence-corrected chi connectivity index (χ4v) is 4.34. The largest absolute Gasteiger partial charge is 0.366 e. The molecule has 0 aliphatic carbocycles. The molecular formula is C22H19Cl2N3O4S. The molecular weight excluding hydrogens is 473 g/mol. The molecule has 32 heavy (non-hydrogen) atoms. The molecule has 3 N–H and O–H groups in total. The van der Waals surface area contributed by atoms with Gasteiger partial charge in [0.1, 0.15) is 0 Å². The summed E-state index contributed by atoms with van der Waals surface area (Å²) < 4.78 is 25.9. The normalized spacial score (nSPS) is 11.1. The molecule has 0 saturated carbocycles. The molecule has 10 heteroatoms. The number of nitrogens with two attached hydrogens (primary N) is 1. The number of nitrogens with zero attached hydrogens (tertiary/aromatic N) is 1. The van der Waals surface area contributed by atoms with E-state index in [0.717, 1.165) is 10.6 Å². The van der Waals surface area contributed by atoms with E-state index in [1.807, 2.05) is 0 Å². The van der Waals surface area contributed by atoms with Gasteiger partial charge in [-0.3, -0.25) is 13.9 Å². The van der Waals surface area contributed by atoms with Gasteiger partial charge >= 0.3 is 0 Å². The van der Waals surface area contributed by atoms with Crippen LogP contribution in [0.1, 0.15) is 26.3 Å². The van der Waals surface area contributed by atoms with Gasteiger partial charge < -0.3 is 11.1 Å². The molecule has 0 bridgehead atoms. The van der Waals surface area contributed by atoms with Crippen LogP contribution in [-0.4, -0.2) is 26.5 Å². The number of para-hydroxylation sites is 1. The molecule has 0 aliphatic heterocycles. The molecule has 0 fully saturated rings. The Hall–Kier alpha value is -3.07. The number of amides is 2. The average molecular weight is 492 g/mol. The van der Waals surface area contributed by atoms with E-state index >= 15 is 0 Å². The second kappa shape index (κ2) is 9.60. The predicted molar refractivity (Wildman–Crippen MR) is 127 cm³/mol. The summed E-state index contributed by atoms with van der Waals surface area (Å²) in [7, 11) is -3.67. The molecule has 7 nitrogen and oxygen atoms in total. The highest BCUT2D eigenvalue weighted by Gasteiger charge is 2.22. The SMILES string of the molecule is CS(=O)(=O)N(Cc1ccc(C(=O)Nc2ccccc2C(N)=O)cc1)c1cccc(Cl)c1Cl. The monoisotopic (exact) mass is 491 g/mol. The first-order chi connectivity index (χ1) is 15.1. The van der Waals surface area contributed by atoms with Crippen molar-refractivity contribution >= 4 is 56.4 Å². The highest BCUT2D eigenvalue weighted by atomic mass is 35.5. The highest BCUT2D eigenvalue weighted by molar-refractivity contribution is 7.92. The van der Waals surface area contributed by atoms with Gasteiger partial charge in [0.15, 0.2) is 0 Å². The zero-order chi connectivity index (χ0) is 23.5. The number of hydrogen-bond donors (Lipinski definition) is 2. The van der Waals surface area contributed by atoms with Gasteiger partial charge in [0.05, 0.1) is 39.8 Å². The summed E-state index contributed by atoms with van der Waals surface area (Å²) in [6, 6.07) is 17.5. The zero-order valence-corrected chi connectivity index (χ0v) is 19.2. The smallest absolute Gasteiger partial charge is 0.255 e. The summed E-state index contributed by atoms with van der Waals surface area (Å²) in [4.78, 5) is 24.1. The van der Waals surface area contributed by atoms with Crippen molar-refractivity contribution in [3.63, 3.8) is 0 Å². The van der Waals surface area contributed by atoms with Crippen molar-refractivity contribution in [2.75, 3.05) is 15.9 Å². The van der Waals surface area contributed by atoms with Gasteiger partial charge in [0, 0.05) is 5.56 Å². The summed E-state index contributed by atoms with van der Waals surface area (Å²) in [5.74, 6) is -1.10. The first-order valence-electron chi connectivity index (χ1n) is 9.29. The van der Waals surface area contributed by atoms with Gasteiger partial charge in [0.2, 0.25) is 10.0 Å². The number of nitrogens with one attached hydrogen (secondary N) is 1. The molecule has 0 radical (unpaired) electrons. The fourth-order valence-electron chi connectivity index (χ4n) is 2.99. The van der Waals surface area contributed by atoms with Gasteiger partial charge in [-0.15, -0.1) is 0 Å². The third kappa shape index (κ3) is 5.40. The molecule has 0 heterocycles. The second-order valence-corrected chi connectivity index (χ2v) is 9.60. The van der Waals surface area contributed by atoms with Crippen molar-refractivity contribution in [1.29, 1.82) is 0 Å². The van der Waals surface area contributed by atoms with E-state index in [2.05, 4.69) is 5.32 Å². The van der Waals surface area contributed by atoms with Gasteiger partial charge in [-0.05, 0) is 42.0 Å². The number of carbonyl (C=O) groups is 2. The molecule has 166 valence electrons. The Balaban J connectivity index is 1.82. The number of hydrogen-bond acceptors (Lipinski definition) is 4. The highest BCUT2D eigenvalue weighted by Crippen LogP contribution is 2.34. The Labute approximate surface area is 195 Å². The molecule has 0 aromatic heterocycles. The number of anilines is 2. The van der Waals surface area contributed by atoms with Crippen LogP contribution in [0.15, 0.2) is 66.7 Å². The predicted octanol–water partition coefficient (Wildman–Crippen LogP) is 4.31. The maximum Gasteiger partial charge on any atom is 0.255 e. The van der Waals surface area contributed by atoms with Crippen molar-refractivity contribution in [3.05, 3.63) is 93.5 Å². The maximum absolute atomic E-state index is 12.6. The third-order valence-electron chi connectivity index (χ3n) is 4.58. The van der Waals surface area contributed by atoms with Crippen molar-refractivity contribution in [1.82, 2.24) is 0 Å². The zero-order valence-electron chi connectivity index (χ0n) is 16.9. The lowest BCUT2D eigenvalue weighted by Gasteiger charge is -2.24. The molecule has 3 rings (SSSR count). The van der Waals surface area contributed by atoms with Crippen LogP contribution in [0.2, 0.25) is 10.0 Å². The Bertz CT molecular complexity index is 1280. The van der Waals surface area contributed by atoms with Crippen molar-refractivity contribution in [3.8, 4) is 0 Å². The number of sulfonamides is 1. The molecule has 3 aromatic rings. The standard InChI is InChI=1S/C22H19Cl2N3O4S/c1-32(30,31)27(19-8-4-6-17(23)20(19)24)13-14-9-11-15(12-10-14)22(29)26-18-7-3-2-5-16(18)21(25)28/h2-12H,13H2,1H3,(H2,25,28)(H,26,29). The van der Waals surface area contributed by atoms with E-state index in [4.69, 9.17) is 28.9 Å². The molecule has 0 unspecified atom stereocenters. The Morgan fingerprint density at radius 1 is 0.969 bits per heavy atom. The van der Waals surface area contributed by atoms with Gasteiger partial charge in [-0.2, -0.15) is 0 Å². The molecule has 0 spiro atoms. The Kier molecular flexibility index (Phi) is 7.08. The van der Waals surface area contributed by atoms with Crippen LogP contribution < -0.4 is 15.4 Å². The van der Waals surface area contributed by atoms with Gasteiger partial charge in [-0.25, -0.2) is 8.42 Å². The average Bonchev–Trinajstić information content (AvgIpc) is 2.74. The lowest BCUT2D eigenvalue weighted by atomic mass is 10.1. The Morgan fingerprint density at radius 3 is 2.25 bits per heavy atom. The van der Waals surface area contributed by atoms with Crippen LogP contribution in [0.4, 0.5) is 11.4 Å². The topological polar surface area (TPSA) is 110 Å². The minimum Gasteiger partial charge on any atom is -0.366 e. The fraction of sp³-hybridized carbons (Fsp3) is 0.0909. The van der Waals surface area contributed by atoms with Crippen LogP contribution in [0, 0.1) is 0 Å². The first-order valence-corrected chi connectivity index (χ1v) is 11.9. The van der Waals surface area contributed by atoms with Gasteiger partial charge in [0.25, 0.3) is 11.8 Å². The summed E-state index contributed by atoms with van der Waals surface area (Å²) in [6.07, 6.45) is 1.07. The second-order valence-electron chi connectivity index (χ2n) is 6.90. The number of halogens is 2. The number of primary amides is 1. The summed E-state index contributed by atoms with van der Waals surface area (Å²) in [5.41, 5.74) is 7.03. The molecule has 2 amide bonds. The molecule has 0 saturated heterocycles. The first kappa shape index (κ1) is 23.6. The molecule has 0 atom stereocenters. The molecule has 0 aliphatic rings. The van der Waals surface area contributed by atoms with E-state index in [9.17, 15) is 18.0 Å². The van der Waals surface area contributed by atoms with E-state index in [1.54, 1.807) is 60.7 Å². The summed E-state index contributed by atoms with van der Waals surface area (Å²) in [6.45, 7) is -0.00863. The number of rotatable bonds is 7. The van der Waals surface area contributed by atoms with Crippen LogP contribution in [0.5, 0.6) is 0 Å². The van der Waals surface area contributed by atoms with Crippen molar-refractivity contribution in [2.45, 2.75) is 6.54 Å². The quantitative estimate of drug-likeness (QED) is 0.512. The van der Waals surface area contributed by atoms with E-state index in [-0.39, 0.29) is 27.8 Å². The molecule has 3 aromatic carbocycles. The van der Waals surface area contributed by atoms with Crippen molar-refractivity contribution < 1.29 is 18.0 Å². The lowest BCUT2D eigenvalue weighted by Crippen LogP contribution is -2.29. The van der Waals surface area contributed by atoms with E-state index < -0.39 is 21.8 Å². The summed E-state index contributed by atoms with van der Waals surface area (Å²) in [5, 5.41) is 3.02. The van der Waals surface area contributed by atoms with Crippen LogP contribution in [0.25, 0.3) is 0 Å². The summed E-state index contributed by atoms with van der Waals surface area (Å²) >= 11 is 12.3. The van der Waals surface area contributed by atoms with Gasteiger partial charge in [-0.1, -0.05) is 53.5 Å². The van der Waals surface area contributed by atoms with E-state index in [0.29, 0.717) is 16.8 Å². The van der Waals surface area contributed by atoms with Crippen LogP contribution >= 0.6 is 23.2 Å². The lowest BCUT2D eigenvalue weighted by molar-refractivity contribution is 0.100. The van der Waals surface area contributed by atoms with Crippen LogP contribution in [0.3, 0.4) is 0 Å².